The number of aromatic nitrogens is 5. The summed E-state index contributed by atoms with van der Waals surface area (Å²) in [6.45, 7) is 6.75. The molecule has 1 aliphatic rings. The predicted octanol–water partition coefficient (Wildman–Crippen LogP) is 4.74. The maximum absolute atomic E-state index is 12.9. The molecular weight excluding hydrogens is 520 g/mol. The zero-order valence-corrected chi connectivity index (χ0v) is 22.8. The van der Waals surface area contributed by atoms with E-state index in [2.05, 4.69) is 19.9 Å². The molecule has 40 heavy (non-hydrogen) atoms. The van der Waals surface area contributed by atoms with Crippen LogP contribution in [0.1, 0.15) is 37.7 Å². The summed E-state index contributed by atoms with van der Waals surface area (Å²) in [6.07, 6.45) is 7.10. The summed E-state index contributed by atoms with van der Waals surface area (Å²) in [7, 11) is 0. The Morgan fingerprint density at radius 3 is 2.35 bits per heavy atom. The monoisotopic (exact) mass is 551 g/mol. The number of imidazole rings is 1. The Morgan fingerprint density at radius 1 is 1.00 bits per heavy atom. The first-order chi connectivity index (χ1) is 19.1. The number of para-hydroxylation sites is 1. The highest BCUT2D eigenvalue weighted by molar-refractivity contribution is 5.68. The number of hydrogen-bond acceptors (Lipinski definition) is 8. The lowest BCUT2D eigenvalue weighted by Crippen LogP contribution is -2.50. The number of hydrogen-bond donors (Lipinski definition) is 0. The number of carbonyl (C=O) groups excluding carboxylic acids is 1. The topological polar surface area (TPSA) is 98.0 Å². The number of aryl methyl sites for hydroxylation is 1. The van der Waals surface area contributed by atoms with Gasteiger partial charge in [-0.3, -0.25) is 4.40 Å². The number of halogens is 2. The van der Waals surface area contributed by atoms with E-state index >= 15 is 0 Å². The summed E-state index contributed by atoms with van der Waals surface area (Å²) >= 11 is 0. The smallest absolute Gasteiger partial charge is 0.410 e. The summed E-state index contributed by atoms with van der Waals surface area (Å²) < 4.78 is 37.9. The fourth-order valence-electron chi connectivity index (χ4n) is 4.54. The van der Waals surface area contributed by atoms with Gasteiger partial charge in [-0.1, -0.05) is 18.2 Å². The normalized spacial score (nSPS) is 14.2. The minimum atomic E-state index is -2.91. The zero-order valence-electron chi connectivity index (χ0n) is 22.8. The molecule has 0 bridgehead atoms. The van der Waals surface area contributed by atoms with Crippen molar-refractivity contribution >= 4 is 17.8 Å². The van der Waals surface area contributed by atoms with Crippen molar-refractivity contribution in [2.24, 2.45) is 0 Å². The molecule has 12 heteroatoms. The standard InChI is InChI=1S/C28H31F2N7O3/c1-18-22(13-19-7-5-6-8-23(19)39-24(29)30)37-17-21(16-33-26(37)34-18)20-14-31-25(32-15-20)35-9-11-36(12-10-35)27(38)40-28(2,3)4/h5-8,14-17,24H,9-13H2,1-4H3. The van der Waals surface area contributed by atoms with Crippen molar-refractivity contribution in [3.05, 3.63) is 66.0 Å². The molecular formula is C28H31F2N7O3. The Balaban J connectivity index is 1.32. The lowest BCUT2D eigenvalue weighted by Gasteiger charge is -2.35. The number of ether oxygens (including phenoxy) is 2. The molecule has 1 saturated heterocycles. The van der Waals surface area contributed by atoms with Crippen molar-refractivity contribution in [3.63, 3.8) is 0 Å². The molecule has 0 atom stereocenters. The SMILES string of the molecule is Cc1nc2ncc(-c3cnc(N4CCN(C(=O)OC(C)(C)C)CC4)nc3)cn2c1Cc1ccccc1OC(F)F. The van der Waals surface area contributed by atoms with Gasteiger partial charge in [0, 0.05) is 74.1 Å². The van der Waals surface area contributed by atoms with Crippen LogP contribution in [0, 0.1) is 6.92 Å². The molecule has 1 amide bonds. The quantitative estimate of drug-likeness (QED) is 0.339. The molecule has 1 aromatic carbocycles. The molecule has 4 aromatic rings. The van der Waals surface area contributed by atoms with Crippen LogP contribution < -0.4 is 9.64 Å². The molecule has 0 aliphatic carbocycles. The molecule has 4 heterocycles. The third-order valence-corrected chi connectivity index (χ3v) is 6.51. The summed E-state index contributed by atoms with van der Waals surface area (Å²) in [5.41, 5.74) is 3.20. The lowest BCUT2D eigenvalue weighted by atomic mass is 10.1. The molecule has 0 N–H and O–H groups in total. The molecule has 0 radical (unpaired) electrons. The molecule has 0 saturated carbocycles. The first-order valence-electron chi connectivity index (χ1n) is 13.0. The van der Waals surface area contributed by atoms with Gasteiger partial charge in [-0.05, 0) is 33.8 Å². The summed E-state index contributed by atoms with van der Waals surface area (Å²) in [4.78, 5) is 34.2. The number of carbonyl (C=O) groups is 1. The number of piperazine rings is 1. The van der Waals surface area contributed by atoms with E-state index in [1.54, 1.807) is 41.7 Å². The number of rotatable bonds is 6. The zero-order chi connectivity index (χ0) is 28.4. The van der Waals surface area contributed by atoms with Crippen molar-refractivity contribution < 1.29 is 23.0 Å². The third kappa shape index (κ3) is 6.11. The van der Waals surface area contributed by atoms with Crippen LogP contribution >= 0.6 is 0 Å². The van der Waals surface area contributed by atoms with Gasteiger partial charge < -0.3 is 19.3 Å². The van der Waals surface area contributed by atoms with Gasteiger partial charge in [0.15, 0.2) is 0 Å². The van der Waals surface area contributed by atoms with Gasteiger partial charge in [0.25, 0.3) is 0 Å². The molecule has 3 aromatic heterocycles. The van der Waals surface area contributed by atoms with Crippen LogP contribution in [0.5, 0.6) is 5.75 Å². The highest BCUT2D eigenvalue weighted by atomic mass is 19.3. The average Bonchev–Trinajstić information content (AvgIpc) is 3.22. The number of nitrogens with zero attached hydrogens (tertiary/aromatic N) is 7. The van der Waals surface area contributed by atoms with Gasteiger partial charge in [-0.25, -0.2) is 24.7 Å². The van der Waals surface area contributed by atoms with Crippen molar-refractivity contribution in [2.75, 3.05) is 31.1 Å². The van der Waals surface area contributed by atoms with E-state index in [0.29, 0.717) is 49.9 Å². The molecule has 1 aliphatic heterocycles. The van der Waals surface area contributed by atoms with E-state index in [-0.39, 0.29) is 11.8 Å². The van der Waals surface area contributed by atoms with Crippen LogP contribution in [0.2, 0.25) is 0 Å². The van der Waals surface area contributed by atoms with Crippen LogP contribution in [0.4, 0.5) is 19.5 Å². The van der Waals surface area contributed by atoms with Crippen molar-refractivity contribution in [1.82, 2.24) is 29.2 Å². The van der Waals surface area contributed by atoms with Gasteiger partial charge in [-0.2, -0.15) is 8.78 Å². The minimum Gasteiger partial charge on any atom is -0.444 e. The van der Waals surface area contributed by atoms with E-state index in [0.717, 1.165) is 22.5 Å². The van der Waals surface area contributed by atoms with Gasteiger partial charge in [0.05, 0.1) is 11.4 Å². The first kappa shape index (κ1) is 27.2. The number of fused-ring (bicyclic) bond motifs is 1. The Bertz CT molecular complexity index is 1490. The number of benzene rings is 1. The van der Waals surface area contributed by atoms with E-state index in [9.17, 15) is 13.6 Å². The summed E-state index contributed by atoms with van der Waals surface area (Å²) in [5.74, 6) is 1.22. The molecule has 0 spiro atoms. The van der Waals surface area contributed by atoms with Gasteiger partial charge in [-0.15, -0.1) is 0 Å². The number of amides is 1. The molecule has 10 nitrogen and oxygen atoms in total. The lowest BCUT2D eigenvalue weighted by molar-refractivity contribution is -0.0504. The van der Waals surface area contributed by atoms with Crippen molar-refractivity contribution in [1.29, 1.82) is 0 Å². The highest BCUT2D eigenvalue weighted by Crippen LogP contribution is 2.26. The molecule has 1 fully saturated rings. The fraction of sp³-hybridized carbons (Fsp3) is 0.393. The maximum Gasteiger partial charge on any atom is 0.410 e. The predicted molar refractivity (Wildman–Crippen MR) is 145 cm³/mol. The van der Waals surface area contributed by atoms with Crippen LogP contribution in [0.25, 0.3) is 16.9 Å². The summed E-state index contributed by atoms with van der Waals surface area (Å²) in [6, 6.07) is 6.73. The Labute approximate surface area is 230 Å². The minimum absolute atomic E-state index is 0.131. The second kappa shape index (κ2) is 11.0. The number of alkyl halides is 2. The van der Waals surface area contributed by atoms with Crippen LogP contribution in [0.15, 0.2) is 49.1 Å². The average molecular weight is 552 g/mol. The third-order valence-electron chi connectivity index (χ3n) is 6.51. The van der Waals surface area contributed by atoms with E-state index < -0.39 is 12.2 Å². The van der Waals surface area contributed by atoms with Gasteiger partial charge in [0.1, 0.15) is 11.4 Å². The largest absolute Gasteiger partial charge is 0.444 e. The number of anilines is 1. The first-order valence-corrected chi connectivity index (χ1v) is 13.0. The van der Waals surface area contributed by atoms with Crippen LogP contribution in [0.3, 0.4) is 0 Å². The molecule has 0 unspecified atom stereocenters. The Morgan fingerprint density at radius 2 is 1.68 bits per heavy atom. The Hall–Kier alpha value is -4.35. The molecule has 210 valence electrons. The van der Waals surface area contributed by atoms with E-state index in [1.807, 2.05) is 43.2 Å². The van der Waals surface area contributed by atoms with Crippen molar-refractivity contribution in [2.45, 2.75) is 46.3 Å². The molecule has 5 rings (SSSR count). The maximum atomic E-state index is 12.9. The van der Waals surface area contributed by atoms with E-state index in [4.69, 9.17) is 9.47 Å². The second-order valence-electron chi connectivity index (χ2n) is 10.5. The van der Waals surface area contributed by atoms with Crippen molar-refractivity contribution in [3.8, 4) is 16.9 Å². The highest BCUT2D eigenvalue weighted by Gasteiger charge is 2.26. The fourth-order valence-corrected chi connectivity index (χ4v) is 4.54. The summed E-state index contributed by atoms with van der Waals surface area (Å²) in [5, 5.41) is 0. The van der Waals surface area contributed by atoms with Crippen LogP contribution in [-0.2, 0) is 11.2 Å². The van der Waals surface area contributed by atoms with Gasteiger partial charge in [0.2, 0.25) is 11.7 Å². The Kier molecular flexibility index (Phi) is 7.51. The second-order valence-corrected chi connectivity index (χ2v) is 10.5. The van der Waals surface area contributed by atoms with Crippen LogP contribution in [-0.4, -0.2) is 73.7 Å². The van der Waals surface area contributed by atoms with Gasteiger partial charge >= 0.3 is 12.7 Å². The van der Waals surface area contributed by atoms with E-state index in [1.165, 1.54) is 6.07 Å².